The molecule has 1 aliphatic carbocycles. The summed E-state index contributed by atoms with van der Waals surface area (Å²) < 4.78 is 25.8. The second-order valence-corrected chi connectivity index (χ2v) is 10.7. The number of hydrogen-bond acceptors (Lipinski definition) is 5. The van der Waals surface area contributed by atoms with Gasteiger partial charge in [0.2, 0.25) is 0 Å². The molecular formula is C22H24N4O3S. The SMILES string of the molecule is Cc1cccc(NC(=O)c2cc(C3CC3)nc3c2c(C)nn3[C@@H]2CCS(=O)(=O)C2)c1. The van der Waals surface area contributed by atoms with E-state index < -0.39 is 9.84 Å². The molecule has 1 aromatic carbocycles. The van der Waals surface area contributed by atoms with Gasteiger partial charge in [0, 0.05) is 17.3 Å². The predicted octanol–water partition coefficient (Wildman–Crippen LogP) is 3.54. The number of amides is 1. The molecule has 0 unspecified atom stereocenters. The van der Waals surface area contributed by atoms with Crippen molar-refractivity contribution >= 4 is 32.5 Å². The minimum Gasteiger partial charge on any atom is -0.322 e. The van der Waals surface area contributed by atoms with Gasteiger partial charge in [0.25, 0.3) is 5.91 Å². The fraction of sp³-hybridized carbons (Fsp3) is 0.409. The van der Waals surface area contributed by atoms with Gasteiger partial charge in [-0.1, -0.05) is 12.1 Å². The van der Waals surface area contributed by atoms with Crippen LogP contribution in [-0.2, 0) is 9.84 Å². The Morgan fingerprint density at radius 1 is 1.17 bits per heavy atom. The first-order valence-corrected chi connectivity index (χ1v) is 12.1. The Morgan fingerprint density at radius 3 is 2.63 bits per heavy atom. The van der Waals surface area contributed by atoms with Crippen molar-refractivity contribution in [1.29, 1.82) is 0 Å². The van der Waals surface area contributed by atoms with E-state index in [9.17, 15) is 13.2 Å². The number of carbonyl (C=O) groups excluding carboxylic acids is 1. The van der Waals surface area contributed by atoms with Crippen molar-refractivity contribution in [1.82, 2.24) is 14.8 Å². The van der Waals surface area contributed by atoms with Crippen LogP contribution in [0.15, 0.2) is 30.3 Å². The van der Waals surface area contributed by atoms with Crippen LogP contribution in [0.4, 0.5) is 5.69 Å². The van der Waals surface area contributed by atoms with Gasteiger partial charge in [0.15, 0.2) is 15.5 Å². The van der Waals surface area contributed by atoms with Crippen molar-refractivity contribution < 1.29 is 13.2 Å². The Bertz CT molecular complexity index is 1280. The lowest BCUT2D eigenvalue weighted by molar-refractivity contribution is 0.102. The number of fused-ring (bicyclic) bond motifs is 1. The zero-order valence-electron chi connectivity index (χ0n) is 17.1. The summed E-state index contributed by atoms with van der Waals surface area (Å²) >= 11 is 0. The van der Waals surface area contributed by atoms with Gasteiger partial charge < -0.3 is 5.32 Å². The van der Waals surface area contributed by atoms with Gasteiger partial charge >= 0.3 is 0 Å². The second kappa shape index (κ2) is 6.91. The van der Waals surface area contributed by atoms with E-state index in [0.29, 0.717) is 34.6 Å². The molecule has 156 valence electrons. The molecule has 2 fully saturated rings. The van der Waals surface area contributed by atoms with E-state index in [4.69, 9.17) is 4.98 Å². The van der Waals surface area contributed by atoms with Crippen LogP contribution in [0.2, 0.25) is 0 Å². The lowest BCUT2D eigenvalue weighted by Gasteiger charge is -2.12. The summed E-state index contributed by atoms with van der Waals surface area (Å²) in [6, 6.07) is 9.33. The maximum atomic E-state index is 13.2. The van der Waals surface area contributed by atoms with Gasteiger partial charge in [-0.25, -0.2) is 18.1 Å². The van der Waals surface area contributed by atoms with Crippen LogP contribution >= 0.6 is 0 Å². The summed E-state index contributed by atoms with van der Waals surface area (Å²) in [5.41, 5.74) is 4.56. The smallest absolute Gasteiger partial charge is 0.256 e. The minimum absolute atomic E-state index is 0.0728. The largest absolute Gasteiger partial charge is 0.322 e. The maximum absolute atomic E-state index is 13.2. The highest BCUT2D eigenvalue weighted by atomic mass is 32.2. The number of nitrogens with zero attached hydrogens (tertiary/aromatic N) is 3. The van der Waals surface area contributed by atoms with Crippen LogP contribution in [0.5, 0.6) is 0 Å². The molecule has 0 bridgehead atoms. The number of pyridine rings is 1. The number of aromatic nitrogens is 3. The van der Waals surface area contributed by atoms with Crippen LogP contribution in [0.3, 0.4) is 0 Å². The number of rotatable bonds is 4. The van der Waals surface area contributed by atoms with Crippen LogP contribution in [0.1, 0.15) is 58.5 Å². The Morgan fingerprint density at radius 2 is 1.97 bits per heavy atom. The molecule has 3 heterocycles. The number of aryl methyl sites for hydroxylation is 2. The van der Waals surface area contributed by atoms with Gasteiger partial charge in [-0.05, 0) is 56.9 Å². The van der Waals surface area contributed by atoms with E-state index in [1.807, 2.05) is 44.2 Å². The quantitative estimate of drug-likeness (QED) is 0.691. The third-order valence-electron chi connectivity index (χ3n) is 5.93. The third-order valence-corrected chi connectivity index (χ3v) is 7.68. The normalized spacial score (nSPS) is 20.5. The fourth-order valence-electron chi connectivity index (χ4n) is 4.24. The zero-order chi connectivity index (χ0) is 21.0. The number of anilines is 1. The average Bonchev–Trinajstić information content (AvgIpc) is 3.41. The lowest BCUT2D eigenvalue weighted by atomic mass is 10.1. The standard InChI is InChI=1S/C22H24N4O3S/c1-13-4-3-5-16(10-13)23-22(27)18-11-19(15-6-7-15)24-21-20(18)14(2)25-26(21)17-8-9-30(28,29)12-17/h3-5,10-11,15,17H,6-9,12H2,1-2H3,(H,23,27)/t17-/m1/s1. The lowest BCUT2D eigenvalue weighted by Crippen LogP contribution is -2.15. The minimum atomic E-state index is -3.06. The van der Waals surface area contributed by atoms with Crippen molar-refractivity contribution in [2.24, 2.45) is 0 Å². The Balaban J connectivity index is 1.61. The number of carbonyl (C=O) groups is 1. The molecule has 2 aliphatic rings. The topological polar surface area (TPSA) is 93.9 Å². The molecular weight excluding hydrogens is 400 g/mol. The first-order chi connectivity index (χ1) is 14.3. The molecule has 2 aromatic heterocycles. The molecule has 0 radical (unpaired) electrons. The number of benzene rings is 1. The van der Waals surface area contributed by atoms with E-state index in [2.05, 4.69) is 10.4 Å². The Hall–Kier alpha value is -2.74. The molecule has 5 rings (SSSR count). The second-order valence-electron chi connectivity index (χ2n) is 8.48. The highest BCUT2D eigenvalue weighted by Gasteiger charge is 2.34. The molecule has 1 N–H and O–H groups in total. The Kier molecular flexibility index (Phi) is 4.43. The average molecular weight is 425 g/mol. The molecule has 0 spiro atoms. The van der Waals surface area contributed by atoms with Crippen molar-refractivity contribution in [2.45, 2.75) is 45.1 Å². The molecule has 1 saturated heterocycles. The number of hydrogen-bond donors (Lipinski definition) is 1. The van der Waals surface area contributed by atoms with Crippen LogP contribution in [-0.4, -0.2) is 40.6 Å². The van der Waals surface area contributed by atoms with Gasteiger partial charge in [-0.3, -0.25) is 4.79 Å². The van der Waals surface area contributed by atoms with Gasteiger partial charge in [0.05, 0.1) is 34.2 Å². The van der Waals surface area contributed by atoms with Gasteiger partial charge in [0.1, 0.15) is 0 Å². The number of sulfone groups is 1. The van der Waals surface area contributed by atoms with E-state index in [0.717, 1.165) is 29.8 Å². The van der Waals surface area contributed by atoms with Crippen molar-refractivity contribution in [3.63, 3.8) is 0 Å². The summed E-state index contributed by atoms with van der Waals surface area (Å²) in [6.07, 6.45) is 2.64. The van der Waals surface area contributed by atoms with E-state index in [1.165, 1.54) is 0 Å². The van der Waals surface area contributed by atoms with Crippen molar-refractivity contribution in [2.75, 3.05) is 16.8 Å². The molecule has 3 aromatic rings. The van der Waals surface area contributed by atoms with Gasteiger partial charge in [-0.15, -0.1) is 0 Å². The molecule has 1 saturated carbocycles. The number of nitrogens with one attached hydrogen (secondary N) is 1. The molecule has 1 atom stereocenters. The summed E-state index contributed by atoms with van der Waals surface area (Å²) in [5.74, 6) is 0.400. The molecule has 1 amide bonds. The highest BCUT2D eigenvalue weighted by Crippen LogP contribution is 2.41. The summed E-state index contributed by atoms with van der Waals surface area (Å²) in [4.78, 5) is 18.1. The van der Waals surface area contributed by atoms with Crippen LogP contribution < -0.4 is 5.32 Å². The third kappa shape index (κ3) is 3.49. The maximum Gasteiger partial charge on any atom is 0.256 e. The monoisotopic (exact) mass is 424 g/mol. The van der Waals surface area contributed by atoms with Gasteiger partial charge in [-0.2, -0.15) is 5.10 Å². The van der Waals surface area contributed by atoms with Crippen LogP contribution in [0.25, 0.3) is 11.0 Å². The predicted molar refractivity (Wildman–Crippen MR) is 116 cm³/mol. The molecule has 1 aliphatic heterocycles. The van der Waals surface area contributed by atoms with Crippen molar-refractivity contribution in [3.8, 4) is 0 Å². The first-order valence-electron chi connectivity index (χ1n) is 10.3. The van der Waals surface area contributed by atoms with E-state index >= 15 is 0 Å². The van der Waals surface area contributed by atoms with E-state index in [1.54, 1.807) is 4.68 Å². The highest BCUT2D eigenvalue weighted by molar-refractivity contribution is 7.91. The Labute approximate surface area is 175 Å². The van der Waals surface area contributed by atoms with Crippen molar-refractivity contribution in [3.05, 3.63) is 52.8 Å². The van der Waals surface area contributed by atoms with E-state index in [-0.39, 0.29) is 23.5 Å². The zero-order valence-corrected chi connectivity index (χ0v) is 17.9. The fourth-order valence-corrected chi connectivity index (χ4v) is 5.94. The summed E-state index contributed by atoms with van der Waals surface area (Å²) in [6.45, 7) is 3.83. The molecule has 7 nitrogen and oxygen atoms in total. The molecule has 8 heteroatoms. The summed E-state index contributed by atoms with van der Waals surface area (Å²) in [5, 5.41) is 8.33. The summed E-state index contributed by atoms with van der Waals surface area (Å²) in [7, 11) is -3.06. The van der Waals surface area contributed by atoms with Crippen LogP contribution in [0, 0.1) is 13.8 Å². The molecule has 30 heavy (non-hydrogen) atoms. The first kappa shape index (κ1) is 19.2.